The molecule has 0 bridgehead atoms. The Kier molecular flexibility index (Phi) is 3.31. The zero-order valence-corrected chi connectivity index (χ0v) is 11.7. The lowest BCUT2D eigenvalue weighted by molar-refractivity contribution is 0.978. The van der Waals surface area contributed by atoms with Crippen LogP contribution in [-0.4, -0.2) is 31.7 Å². The highest BCUT2D eigenvalue weighted by molar-refractivity contribution is 7.09. The van der Waals surface area contributed by atoms with Crippen molar-refractivity contribution in [3.8, 4) is 0 Å². The molecule has 0 fully saturated rings. The third kappa shape index (κ3) is 2.66. The molecule has 0 atom stereocenters. The summed E-state index contributed by atoms with van der Waals surface area (Å²) in [6, 6.07) is 0. The standard InChI is InChI=1S/C11H11ClN6S/c1-6-5-19-8(15-6)2-3-13-9-7-4-14-18-10(7)17-11(12)16-9/h4-5H,2-3H2,1H3,(H2,13,14,16,17,18). The Bertz CT molecular complexity index is 706. The highest BCUT2D eigenvalue weighted by Crippen LogP contribution is 2.20. The van der Waals surface area contributed by atoms with Crippen LogP contribution in [0.3, 0.4) is 0 Å². The zero-order valence-electron chi connectivity index (χ0n) is 10.1. The molecule has 3 aromatic rings. The van der Waals surface area contributed by atoms with E-state index in [0.717, 1.165) is 29.1 Å². The predicted molar refractivity (Wildman–Crippen MR) is 75.7 cm³/mol. The third-order valence-electron chi connectivity index (χ3n) is 2.58. The molecule has 0 saturated carbocycles. The Morgan fingerprint density at radius 1 is 1.37 bits per heavy atom. The number of hydrogen-bond donors (Lipinski definition) is 2. The normalized spacial score (nSPS) is 11.1. The molecule has 0 aliphatic carbocycles. The number of H-pyrrole nitrogens is 1. The molecule has 0 aromatic carbocycles. The molecular weight excluding hydrogens is 284 g/mol. The number of anilines is 1. The van der Waals surface area contributed by atoms with E-state index >= 15 is 0 Å². The molecule has 0 unspecified atom stereocenters. The van der Waals surface area contributed by atoms with Gasteiger partial charge in [-0.05, 0) is 18.5 Å². The fourth-order valence-electron chi connectivity index (χ4n) is 1.75. The average molecular weight is 295 g/mol. The lowest BCUT2D eigenvalue weighted by atomic mass is 10.3. The first kappa shape index (κ1) is 12.3. The molecule has 3 heterocycles. The van der Waals surface area contributed by atoms with Crippen LogP contribution >= 0.6 is 22.9 Å². The molecule has 0 spiro atoms. The molecule has 19 heavy (non-hydrogen) atoms. The molecule has 3 rings (SSSR count). The van der Waals surface area contributed by atoms with Gasteiger partial charge in [0, 0.05) is 24.0 Å². The number of rotatable bonds is 4. The summed E-state index contributed by atoms with van der Waals surface area (Å²) in [4.78, 5) is 12.6. The topological polar surface area (TPSA) is 79.4 Å². The summed E-state index contributed by atoms with van der Waals surface area (Å²) in [6.45, 7) is 2.73. The Labute approximate surface area is 118 Å². The van der Waals surface area contributed by atoms with Gasteiger partial charge in [0.15, 0.2) is 5.65 Å². The van der Waals surface area contributed by atoms with Gasteiger partial charge in [-0.2, -0.15) is 15.1 Å². The maximum atomic E-state index is 5.86. The van der Waals surface area contributed by atoms with Crippen LogP contribution in [-0.2, 0) is 6.42 Å². The number of nitrogens with one attached hydrogen (secondary N) is 2. The van der Waals surface area contributed by atoms with E-state index < -0.39 is 0 Å². The summed E-state index contributed by atoms with van der Waals surface area (Å²) >= 11 is 7.52. The van der Waals surface area contributed by atoms with E-state index in [1.807, 2.05) is 12.3 Å². The second-order valence-corrected chi connectivity index (χ2v) is 5.31. The second-order valence-electron chi connectivity index (χ2n) is 4.03. The van der Waals surface area contributed by atoms with E-state index in [9.17, 15) is 0 Å². The fourth-order valence-corrected chi connectivity index (χ4v) is 2.69. The predicted octanol–water partition coefficient (Wildman–Crippen LogP) is 2.43. The minimum absolute atomic E-state index is 0.198. The number of aryl methyl sites for hydroxylation is 1. The number of fused-ring (bicyclic) bond motifs is 1. The Balaban J connectivity index is 1.73. The van der Waals surface area contributed by atoms with E-state index in [0.29, 0.717) is 11.5 Å². The zero-order chi connectivity index (χ0) is 13.2. The molecule has 3 aromatic heterocycles. The van der Waals surface area contributed by atoms with Crippen molar-refractivity contribution in [3.63, 3.8) is 0 Å². The van der Waals surface area contributed by atoms with Gasteiger partial charge < -0.3 is 5.32 Å². The molecular formula is C11H11ClN6S. The van der Waals surface area contributed by atoms with Crippen LogP contribution in [0.15, 0.2) is 11.6 Å². The smallest absolute Gasteiger partial charge is 0.226 e. The minimum Gasteiger partial charge on any atom is -0.369 e. The maximum Gasteiger partial charge on any atom is 0.226 e. The quantitative estimate of drug-likeness (QED) is 0.723. The molecule has 0 saturated heterocycles. The lowest BCUT2D eigenvalue weighted by Crippen LogP contribution is -2.07. The molecule has 0 aliphatic rings. The second kappa shape index (κ2) is 5.10. The molecule has 98 valence electrons. The third-order valence-corrected chi connectivity index (χ3v) is 3.78. The van der Waals surface area contributed by atoms with Gasteiger partial charge in [0.1, 0.15) is 5.82 Å². The first-order chi connectivity index (χ1) is 9.22. The summed E-state index contributed by atoms with van der Waals surface area (Å²) in [6.07, 6.45) is 2.53. The van der Waals surface area contributed by atoms with Crippen LogP contribution in [0.25, 0.3) is 11.0 Å². The summed E-state index contributed by atoms with van der Waals surface area (Å²) in [7, 11) is 0. The van der Waals surface area contributed by atoms with Crippen molar-refractivity contribution in [1.82, 2.24) is 25.1 Å². The van der Waals surface area contributed by atoms with Crippen LogP contribution in [0.1, 0.15) is 10.7 Å². The maximum absolute atomic E-state index is 5.86. The Morgan fingerprint density at radius 2 is 2.26 bits per heavy atom. The van der Waals surface area contributed by atoms with Crippen LogP contribution in [0.5, 0.6) is 0 Å². The van der Waals surface area contributed by atoms with E-state index in [1.165, 1.54) is 0 Å². The average Bonchev–Trinajstić information content (AvgIpc) is 2.98. The molecule has 0 aliphatic heterocycles. The number of aromatic amines is 1. The van der Waals surface area contributed by atoms with Crippen molar-refractivity contribution in [2.75, 3.05) is 11.9 Å². The Hall–Kier alpha value is -1.73. The molecule has 0 amide bonds. The van der Waals surface area contributed by atoms with Gasteiger partial charge in [-0.3, -0.25) is 5.10 Å². The number of halogens is 1. The van der Waals surface area contributed by atoms with Gasteiger partial charge in [-0.15, -0.1) is 11.3 Å². The number of thiazole rings is 1. The molecule has 0 radical (unpaired) electrons. The van der Waals surface area contributed by atoms with Crippen molar-refractivity contribution in [1.29, 1.82) is 0 Å². The van der Waals surface area contributed by atoms with E-state index in [4.69, 9.17) is 11.6 Å². The molecule has 6 nitrogen and oxygen atoms in total. The first-order valence-electron chi connectivity index (χ1n) is 5.74. The van der Waals surface area contributed by atoms with Crippen LogP contribution in [0.2, 0.25) is 5.28 Å². The molecule has 2 N–H and O–H groups in total. The van der Waals surface area contributed by atoms with Gasteiger partial charge in [0.05, 0.1) is 16.6 Å². The van der Waals surface area contributed by atoms with Crippen LogP contribution in [0.4, 0.5) is 5.82 Å². The number of hydrogen-bond acceptors (Lipinski definition) is 6. The monoisotopic (exact) mass is 294 g/mol. The van der Waals surface area contributed by atoms with E-state index in [2.05, 4.69) is 30.5 Å². The summed E-state index contributed by atoms with van der Waals surface area (Å²) in [5, 5.41) is 14.1. The lowest BCUT2D eigenvalue weighted by Gasteiger charge is -2.05. The largest absolute Gasteiger partial charge is 0.369 e. The van der Waals surface area contributed by atoms with Gasteiger partial charge in [-0.25, -0.2) is 4.98 Å². The van der Waals surface area contributed by atoms with Crippen molar-refractivity contribution in [2.45, 2.75) is 13.3 Å². The van der Waals surface area contributed by atoms with Crippen LogP contribution < -0.4 is 5.32 Å². The SMILES string of the molecule is Cc1csc(CCNc2nc(Cl)nc3[nH]ncc23)n1. The van der Waals surface area contributed by atoms with E-state index in [1.54, 1.807) is 17.5 Å². The highest BCUT2D eigenvalue weighted by atomic mass is 35.5. The first-order valence-corrected chi connectivity index (χ1v) is 6.99. The summed E-state index contributed by atoms with van der Waals surface area (Å²) in [5.74, 6) is 0.692. The fraction of sp³-hybridized carbons (Fsp3) is 0.273. The molecule has 8 heteroatoms. The van der Waals surface area contributed by atoms with Gasteiger partial charge in [0.2, 0.25) is 5.28 Å². The van der Waals surface area contributed by atoms with Crippen molar-refractivity contribution < 1.29 is 0 Å². The van der Waals surface area contributed by atoms with Crippen LogP contribution in [0, 0.1) is 6.92 Å². The van der Waals surface area contributed by atoms with Crippen molar-refractivity contribution in [3.05, 3.63) is 27.6 Å². The summed E-state index contributed by atoms with van der Waals surface area (Å²) < 4.78 is 0. The highest BCUT2D eigenvalue weighted by Gasteiger charge is 2.08. The minimum atomic E-state index is 0.198. The van der Waals surface area contributed by atoms with Gasteiger partial charge in [-0.1, -0.05) is 0 Å². The van der Waals surface area contributed by atoms with Crippen molar-refractivity contribution in [2.24, 2.45) is 0 Å². The van der Waals surface area contributed by atoms with E-state index in [-0.39, 0.29) is 5.28 Å². The van der Waals surface area contributed by atoms with Gasteiger partial charge in [0.25, 0.3) is 0 Å². The summed E-state index contributed by atoms with van der Waals surface area (Å²) in [5.41, 5.74) is 1.69. The Morgan fingerprint density at radius 3 is 3.05 bits per heavy atom. The number of nitrogens with zero attached hydrogens (tertiary/aromatic N) is 4. The van der Waals surface area contributed by atoms with Crippen molar-refractivity contribution >= 4 is 39.8 Å². The van der Waals surface area contributed by atoms with Gasteiger partial charge >= 0.3 is 0 Å². The number of aromatic nitrogens is 5.